The lowest BCUT2D eigenvalue weighted by Gasteiger charge is -2.30. The number of para-hydroxylation sites is 1. The number of hydrogen-bond donors (Lipinski definition) is 0. The van der Waals surface area contributed by atoms with Crippen molar-refractivity contribution >= 4 is 54.4 Å². The number of anilines is 3. The molecular formula is C53H47NO2Si2. The topological polar surface area (TPSA) is 21.7 Å². The van der Waals surface area contributed by atoms with Crippen LogP contribution in [-0.4, -0.2) is 16.1 Å². The smallest absolute Gasteiger partial charge is 0.137 e. The third-order valence-electron chi connectivity index (χ3n) is 11.9. The van der Waals surface area contributed by atoms with Gasteiger partial charge in [0.1, 0.15) is 23.0 Å². The van der Waals surface area contributed by atoms with Crippen molar-refractivity contribution in [3.8, 4) is 45.3 Å². The molecule has 0 bridgehead atoms. The summed E-state index contributed by atoms with van der Waals surface area (Å²) in [4.78, 5) is 2.32. The number of rotatable bonds is 8. The monoisotopic (exact) mass is 785 g/mol. The summed E-state index contributed by atoms with van der Waals surface area (Å²) in [6.07, 6.45) is 0. The van der Waals surface area contributed by atoms with Crippen molar-refractivity contribution in [1.29, 1.82) is 0 Å². The second-order valence-corrected chi connectivity index (χ2v) is 28.0. The van der Waals surface area contributed by atoms with Gasteiger partial charge in [0.2, 0.25) is 0 Å². The van der Waals surface area contributed by atoms with Crippen LogP contribution in [0.25, 0.3) is 33.0 Å². The van der Waals surface area contributed by atoms with Crippen molar-refractivity contribution in [3.05, 3.63) is 187 Å². The van der Waals surface area contributed by atoms with E-state index in [0.717, 1.165) is 67.5 Å². The average Bonchev–Trinajstić information content (AvgIpc) is 3.23. The van der Waals surface area contributed by atoms with Crippen LogP contribution >= 0.6 is 0 Å². The Bertz CT molecular complexity index is 2640. The zero-order chi connectivity index (χ0) is 39.8. The van der Waals surface area contributed by atoms with Crippen molar-refractivity contribution in [2.45, 2.75) is 45.2 Å². The van der Waals surface area contributed by atoms with E-state index in [1.54, 1.807) is 0 Å². The maximum atomic E-state index is 6.87. The second kappa shape index (κ2) is 13.8. The number of hydrogen-bond acceptors (Lipinski definition) is 3. The fourth-order valence-electron chi connectivity index (χ4n) is 8.80. The Morgan fingerprint density at radius 2 is 0.793 bits per heavy atom. The Morgan fingerprint density at radius 3 is 1.36 bits per heavy atom. The van der Waals surface area contributed by atoms with E-state index < -0.39 is 16.1 Å². The molecule has 0 spiro atoms. The molecule has 0 aliphatic carbocycles. The highest BCUT2D eigenvalue weighted by Crippen LogP contribution is 2.56. The highest BCUT2D eigenvalue weighted by molar-refractivity contribution is 6.89. The molecule has 2 aliphatic rings. The molecule has 0 saturated heterocycles. The summed E-state index contributed by atoms with van der Waals surface area (Å²) in [6, 6.07) is 62.0. The van der Waals surface area contributed by atoms with Gasteiger partial charge < -0.3 is 14.4 Å². The first kappa shape index (κ1) is 36.2. The van der Waals surface area contributed by atoms with Crippen LogP contribution in [0.3, 0.4) is 0 Å². The fourth-order valence-corrected chi connectivity index (χ4v) is 11.1. The summed E-state index contributed by atoms with van der Waals surface area (Å²) in [5, 5.41) is 5.11. The molecule has 0 N–H and O–H groups in total. The summed E-state index contributed by atoms with van der Waals surface area (Å²) < 4.78 is 13.7. The van der Waals surface area contributed by atoms with Crippen molar-refractivity contribution in [2.24, 2.45) is 0 Å². The maximum Gasteiger partial charge on any atom is 0.137 e. The first-order valence-corrected chi connectivity index (χ1v) is 27.4. The highest BCUT2D eigenvalue weighted by atomic mass is 28.3. The minimum Gasteiger partial charge on any atom is -0.456 e. The first-order chi connectivity index (χ1) is 28.0. The van der Waals surface area contributed by atoms with E-state index in [4.69, 9.17) is 9.47 Å². The van der Waals surface area contributed by atoms with Crippen molar-refractivity contribution in [2.75, 3.05) is 4.90 Å². The molecule has 5 heteroatoms. The van der Waals surface area contributed by atoms with Crippen LogP contribution in [0.4, 0.5) is 17.1 Å². The van der Waals surface area contributed by atoms with Crippen LogP contribution in [0.5, 0.6) is 23.0 Å². The lowest BCUT2D eigenvalue weighted by molar-refractivity contribution is 0.479. The molecule has 8 aromatic carbocycles. The maximum absolute atomic E-state index is 6.87. The summed E-state index contributed by atoms with van der Waals surface area (Å²) in [7, 11) is -2.86. The molecule has 2 heterocycles. The number of fused-ring (bicyclic) bond motifs is 4. The van der Waals surface area contributed by atoms with E-state index in [1.165, 1.54) is 32.6 Å². The van der Waals surface area contributed by atoms with Gasteiger partial charge in [-0.3, -0.25) is 0 Å². The van der Waals surface area contributed by atoms with E-state index >= 15 is 0 Å². The Morgan fingerprint density at radius 1 is 0.362 bits per heavy atom. The largest absolute Gasteiger partial charge is 0.456 e. The van der Waals surface area contributed by atoms with Crippen LogP contribution in [0.1, 0.15) is 22.6 Å². The van der Waals surface area contributed by atoms with Crippen LogP contribution in [0, 0.1) is 0 Å². The quantitative estimate of drug-likeness (QED) is 0.113. The fraction of sp³-hybridized carbons (Fsp3) is 0.132. The van der Waals surface area contributed by atoms with Gasteiger partial charge >= 0.3 is 0 Å². The Balaban J connectivity index is 1.04. The zero-order valence-electron chi connectivity index (χ0n) is 34.0. The van der Waals surface area contributed by atoms with Crippen LogP contribution in [-0.2, 0) is 0 Å². The number of nitrogens with zero attached hydrogens (tertiary/aromatic N) is 1. The number of benzene rings is 8. The van der Waals surface area contributed by atoms with Gasteiger partial charge in [-0.2, -0.15) is 0 Å². The predicted octanol–water partition coefficient (Wildman–Crippen LogP) is 14.1. The van der Waals surface area contributed by atoms with Gasteiger partial charge in [0.15, 0.2) is 0 Å². The molecule has 8 aromatic rings. The van der Waals surface area contributed by atoms with E-state index in [1.807, 2.05) is 0 Å². The molecule has 284 valence electrons. The van der Waals surface area contributed by atoms with Crippen molar-refractivity contribution < 1.29 is 9.47 Å². The van der Waals surface area contributed by atoms with E-state index in [0.29, 0.717) is 0 Å². The van der Waals surface area contributed by atoms with Gasteiger partial charge in [-0.1, -0.05) is 147 Å². The van der Waals surface area contributed by atoms with Crippen molar-refractivity contribution in [3.63, 3.8) is 0 Å². The molecule has 0 saturated carbocycles. The molecule has 0 radical (unpaired) electrons. The first-order valence-electron chi connectivity index (χ1n) is 20.4. The Labute approximate surface area is 344 Å². The van der Waals surface area contributed by atoms with Gasteiger partial charge in [-0.05, 0) is 94.5 Å². The van der Waals surface area contributed by atoms with Crippen LogP contribution in [0.2, 0.25) is 39.3 Å². The average molecular weight is 786 g/mol. The lowest BCUT2D eigenvalue weighted by atomic mass is 9.83. The summed E-state index contributed by atoms with van der Waals surface area (Å²) >= 11 is 0. The highest BCUT2D eigenvalue weighted by Gasteiger charge is 2.30. The van der Waals surface area contributed by atoms with Crippen LogP contribution in [0.15, 0.2) is 170 Å². The third-order valence-corrected chi connectivity index (χ3v) is 16.0. The van der Waals surface area contributed by atoms with Gasteiger partial charge in [-0.15, -0.1) is 0 Å². The third kappa shape index (κ3) is 6.26. The molecule has 0 aromatic heterocycles. The number of ether oxygens (including phenoxy) is 2. The SMILES string of the molecule is C[Si](C)(C)c1ccc(C(c2ccccc2)c2ccc3c(c2)Oc2ccc4c5c(ccc-3c25)Oc2cc(N(c3ccccc3)c3ccc([Si](C)(C)C)cc3)ccc2-4)cc1. The molecule has 0 amide bonds. The second-order valence-electron chi connectivity index (χ2n) is 17.8. The molecule has 10 rings (SSSR count). The van der Waals surface area contributed by atoms with E-state index in [2.05, 4.69) is 214 Å². The van der Waals surface area contributed by atoms with Gasteiger partial charge in [0.25, 0.3) is 0 Å². The molecule has 1 unspecified atom stereocenters. The van der Waals surface area contributed by atoms with Crippen molar-refractivity contribution in [1.82, 2.24) is 0 Å². The van der Waals surface area contributed by atoms with E-state index in [9.17, 15) is 0 Å². The van der Waals surface area contributed by atoms with E-state index in [-0.39, 0.29) is 5.92 Å². The zero-order valence-corrected chi connectivity index (χ0v) is 36.0. The molecular weight excluding hydrogens is 739 g/mol. The molecule has 3 nitrogen and oxygen atoms in total. The predicted molar refractivity (Wildman–Crippen MR) is 249 cm³/mol. The standard InChI is InChI=1S/C53H47NO2Si2/c1-57(2,3)41-23-17-36(18-24-41)51(35-13-9-7-10-14-35)37-19-27-43-45-29-32-48-53-46(30-31-47(52(45)53)55-49(43)33-37)44-28-22-40(34-50(44)56-48)54(38-15-11-8-12-16-38)39-20-25-42(26-21-39)58(4,5)6/h7-34,51H,1-6H3. The Kier molecular flexibility index (Phi) is 8.59. The lowest BCUT2D eigenvalue weighted by Crippen LogP contribution is -2.37. The summed E-state index contributed by atoms with van der Waals surface area (Å²) in [6.45, 7) is 14.4. The van der Waals surface area contributed by atoms with Gasteiger partial charge in [0, 0.05) is 50.9 Å². The Hall–Kier alpha value is -6.15. The van der Waals surface area contributed by atoms with Crippen LogP contribution < -0.4 is 24.7 Å². The minimum absolute atomic E-state index is 0.0830. The summed E-state index contributed by atoms with van der Waals surface area (Å²) in [5.74, 6) is 3.52. The molecule has 2 aliphatic heterocycles. The molecule has 0 fully saturated rings. The molecule has 1 atom stereocenters. The van der Waals surface area contributed by atoms with Gasteiger partial charge in [-0.25, -0.2) is 0 Å². The minimum atomic E-state index is -1.44. The van der Waals surface area contributed by atoms with Gasteiger partial charge in [0.05, 0.1) is 16.1 Å². The molecule has 58 heavy (non-hydrogen) atoms. The normalized spacial score (nSPS) is 13.2. The summed E-state index contributed by atoms with van der Waals surface area (Å²) in [5.41, 5.74) is 11.5.